The van der Waals surface area contributed by atoms with Crippen LogP contribution in [0.25, 0.3) is 0 Å². The molecule has 4 amide bonds. The molecule has 4 aliphatic rings. The van der Waals surface area contributed by atoms with Crippen LogP contribution in [-0.4, -0.2) is 176 Å². The number of hydrogen-bond donors (Lipinski definition) is 4. The summed E-state index contributed by atoms with van der Waals surface area (Å²) < 4.78 is 76.6. The standard InChI is InChI=1S/C71H112N4O28/c1-3-5-7-9-11-13-15-33-57(76)94-39-47(102-69(74)88)41-96-61(80)51-27-19-23-31-55(51)65(84)100-45-71(43-98-63(82)53-29-21-17-25-49(53)59(78)90-35-37-92-67(72)86,44-99-64(83)54-30-22-18-26-50(54)60(79)91-36-38-93-68(73)87)46-101-66(85)56-32-24-20-28-52(56)62(81)97-42-48(103-70(75)89)40-95-58(77)34-16-14-12-10-8-6-4-2/h47-56H,3-46H2,1-2H3,(H2,72,86)(H2,73,87)(H2,74,88)(H2,75,89). The fraction of sp³-hybridized carbons (Fsp3) is 0.803. The molecule has 32 heteroatoms. The molecular weight excluding hydrogens is 1360 g/mol. The van der Waals surface area contributed by atoms with Gasteiger partial charge < -0.3 is 89.3 Å². The van der Waals surface area contributed by atoms with Crippen LogP contribution in [0.15, 0.2) is 0 Å². The van der Waals surface area contributed by atoms with E-state index in [0.29, 0.717) is 64.2 Å². The molecular formula is C71H112N4O28. The average Bonchev–Trinajstić information content (AvgIpc) is 0.824. The summed E-state index contributed by atoms with van der Waals surface area (Å²) in [4.78, 5) is 186. The maximum Gasteiger partial charge on any atom is 0.405 e. The first-order valence-electron chi connectivity index (χ1n) is 36.9. The molecule has 0 heterocycles. The van der Waals surface area contributed by atoms with Crippen molar-refractivity contribution in [2.75, 3.05) is 79.3 Å². The molecule has 0 radical (unpaired) electrons. The second-order valence-corrected chi connectivity index (χ2v) is 27.1. The first-order valence-corrected chi connectivity index (χ1v) is 36.9. The molecule has 103 heavy (non-hydrogen) atoms. The number of hydrogen-bond acceptors (Lipinski definition) is 28. The van der Waals surface area contributed by atoms with Crippen LogP contribution in [0.4, 0.5) is 19.2 Å². The molecule has 4 aliphatic carbocycles. The topological polar surface area (TPSA) is 472 Å². The van der Waals surface area contributed by atoms with Gasteiger partial charge in [0.15, 0.2) is 12.2 Å². The van der Waals surface area contributed by atoms with E-state index in [4.69, 9.17) is 79.8 Å². The minimum atomic E-state index is -2.09. The van der Waals surface area contributed by atoms with Crippen molar-refractivity contribution in [3.63, 3.8) is 0 Å². The third-order valence-electron chi connectivity index (χ3n) is 18.9. The molecule has 4 rings (SSSR count). The van der Waals surface area contributed by atoms with E-state index in [0.717, 1.165) is 77.0 Å². The van der Waals surface area contributed by atoms with Crippen LogP contribution < -0.4 is 22.9 Å². The first kappa shape index (κ1) is 87.2. The van der Waals surface area contributed by atoms with Crippen LogP contribution in [-0.2, 0) is 114 Å². The van der Waals surface area contributed by atoms with Gasteiger partial charge in [-0.3, -0.25) is 47.9 Å². The zero-order valence-electron chi connectivity index (χ0n) is 60.1. The van der Waals surface area contributed by atoms with Crippen LogP contribution >= 0.6 is 0 Å². The van der Waals surface area contributed by atoms with Crippen molar-refractivity contribution in [3.8, 4) is 0 Å². The number of carbonyl (C=O) groups is 14. The van der Waals surface area contributed by atoms with Gasteiger partial charge in [0.1, 0.15) is 84.7 Å². The number of rotatable bonds is 48. The summed E-state index contributed by atoms with van der Waals surface area (Å²) in [5.41, 5.74) is 18.7. The van der Waals surface area contributed by atoms with E-state index in [1.165, 1.54) is 0 Å². The predicted molar refractivity (Wildman–Crippen MR) is 359 cm³/mol. The number of nitrogens with two attached hydrogens (primary N) is 4. The number of amides is 4. The maximum absolute atomic E-state index is 14.7. The Bertz CT molecular complexity index is 2530. The average molecular weight is 1470 g/mol. The molecule has 0 bridgehead atoms. The highest BCUT2D eigenvalue weighted by Gasteiger charge is 2.47. The Morgan fingerprint density at radius 3 is 0.757 bits per heavy atom. The summed E-state index contributed by atoms with van der Waals surface area (Å²) >= 11 is 0. The zero-order chi connectivity index (χ0) is 75.4. The van der Waals surface area contributed by atoms with Gasteiger partial charge in [-0.15, -0.1) is 0 Å². The van der Waals surface area contributed by atoms with Crippen molar-refractivity contribution in [1.29, 1.82) is 0 Å². The third-order valence-corrected chi connectivity index (χ3v) is 18.9. The van der Waals surface area contributed by atoms with E-state index in [1.807, 2.05) is 0 Å². The number of unbranched alkanes of at least 4 members (excludes halogenated alkanes) is 12. The van der Waals surface area contributed by atoms with Gasteiger partial charge in [0.2, 0.25) is 0 Å². The highest BCUT2D eigenvalue weighted by Crippen LogP contribution is 2.38. The Labute approximate surface area is 601 Å². The van der Waals surface area contributed by atoms with Gasteiger partial charge >= 0.3 is 84.1 Å². The summed E-state index contributed by atoms with van der Waals surface area (Å²) in [5, 5.41) is 0. The van der Waals surface area contributed by atoms with Crippen LogP contribution in [0, 0.1) is 52.8 Å². The van der Waals surface area contributed by atoms with Gasteiger partial charge in [-0.2, -0.15) is 0 Å². The molecule has 4 fully saturated rings. The molecule has 0 aromatic rings. The lowest BCUT2D eigenvalue weighted by Gasteiger charge is -2.36. The highest BCUT2D eigenvalue weighted by molar-refractivity contribution is 5.85. The highest BCUT2D eigenvalue weighted by atomic mass is 16.6. The smallest absolute Gasteiger partial charge is 0.405 e. The SMILES string of the molecule is CCCCCCCCCC(=O)OCC(COC(=O)C1CCCCC1C(=O)OCC(COC(=O)C1CCCCC1C(=O)OCCOC(N)=O)(COC(=O)C1CCCCC1C(=O)OCCOC(N)=O)COC(=O)C1CCCCC1C(=O)OCC(COC(=O)CCCCCCCCC)OC(N)=O)OC(N)=O. The lowest BCUT2D eigenvalue weighted by Crippen LogP contribution is -2.47. The molecule has 32 nitrogen and oxygen atoms in total. The third kappa shape index (κ3) is 34.3. The van der Waals surface area contributed by atoms with E-state index in [2.05, 4.69) is 23.3 Å². The second-order valence-electron chi connectivity index (χ2n) is 27.1. The molecule has 0 aromatic carbocycles. The van der Waals surface area contributed by atoms with Gasteiger partial charge in [0.05, 0.1) is 47.3 Å². The van der Waals surface area contributed by atoms with Gasteiger partial charge in [-0.1, -0.05) is 142 Å². The minimum absolute atomic E-state index is 0.0721. The number of esters is 10. The van der Waals surface area contributed by atoms with Gasteiger partial charge in [0.25, 0.3) is 0 Å². The molecule has 0 aliphatic heterocycles. The van der Waals surface area contributed by atoms with Gasteiger partial charge in [-0.05, 0) is 64.2 Å². The number of primary amides is 4. The van der Waals surface area contributed by atoms with Crippen LogP contribution in [0.5, 0.6) is 0 Å². The Kier molecular flexibility index (Phi) is 41.8. The molecule has 0 spiro atoms. The fourth-order valence-corrected chi connectivity index (χ4v) is 13.2. The number of carbonyl (C=O) groups excluding carboxylic acids is 14. The normalized spacial score (nSPS) is 21.3. The van der Waals surface area contributed by atoms with Gasteiger partial charge in [0, 0.05) is 12.8 Å². The zero-order valence-corrected chi connectivity index (χ0v) is 60.1. The summed E-state index contributed by atoms with van der Waals surface area (Å²) in [6.45, 7) is -3.07. The summed E-state index contributed by atoms with van der Waals surface area (Å²) in [6, 6.07) is 0. The lowest BCUT2D eigenvalue weighted by atomic mass is 9.79. The Balaban J connectivity index is 1.67. The molecule has 10 unspecified atom stereocenters. The molecule has 8 N–H and O–H groups in total. The summed E-state index contributed by atoms with van der Waals surface area (Å²) in [7, 11) is 0. The number of ether oxygens (including phenoxy) is 14. The fourth-order valence-electron chi connectivity index (χ4n) is 13.2. The predicted octanol–water partition coefficient (Wildman–Crippen LogP) is 8.03. The summed E-state index contributed by atoms with van der Waals surface area (Å²) in [5.74, 6) is -17.8. The van der Waals surface area contributed by atoms with Crippen LogP contribution in [0.1, 0.15) is 219 Å². The minimum Gasteiger partial charge on any atom is -0.464 e. The maximum atomic E-state index is 14.7. The molecule has 584 valence electrons. The first-order chi connectivity index (χ1) is 49.5. The molecule has 4 saturated carbocycles. The lowest BCUT2D eigenvalue weighted by molar-refractivity contribution is -0.184. The monoisotopic (exact) mass is 1470 g/mol. The van der Waals surface area contributed by atoms with Crippen molar-refractivity contribution < 1.29 is 133 Å². The molecule has 0 saturated heterocycles. The van der Waals surface area contributed by atoms with Crippen molar-refractivity contribution in [1.82, 2.24) is 0 Å². The van der Waals surface area contributed by atoms with E-state index in [9.17, 15) is 67.1 Å². The molecule has 0 aromatic heterocycles. The van der Waals surface area contributed by atoms with E-state index in [-0.39, 0.29) is 77.4 Å². The Morgan fingerprint density at radius 1 is 0.282 bits per heavy atom. The van der Waals surface area contributed by atoms with E-state index < -0.39 is 215 Å². The van der Waals surface area contributed by atoms with Crippen molar-refractivity contribution >= 4 is 84.1 Å². The van der Waals surface area contributed by atoms with Crippen molar-refractivity contribution in [3.05, 3.63) is 0 Å². The van der Waals surface area contributed by atoms with Crippen LogP contribution in [0.2, 0.25) is 0 Å². The molecule has 10 atom stereocenters. The largest absolute Gasteiger partial charge is 0.464 e. The van der Waals surface area contributed by atoms with Crippen molar-refractivity contribution in [2.45, 2.75) is 232 Å². The van der Waals surface area contributed by atoms with E-state index >= 15 is 0 Å². The second kappa shape index (κ2) is 49.4. The van der Waals surface area contributed by atoms with E-state index in [1.54, 1.807) is 0 Å². The van der Waals surface area contributed by atoms with Gasteiger partial charge in [-0.25, -0.2) is 19.2 Å². The quantitative estimate of drug-likeness (QED) is 0.0254. The Morgan fingerprint density at radius 2 is 0.505 bits per heavy atom. The Hall–Kier alpha value is -8.22. The summed E-state index contributed by atoms with van der Waals surface area (Å²) in [6.07, 6.45) is 10.8. The van der Waals surface area contributed by atoms with Crippen LogP contribution in [0.3, 0.4) is 0 Å². The van der Waals surface area contributed by atoms with Crippen molar-refractivity contribution in [2.24, 2.45) is 75.7 Å².